The summed E-state index contributed by atoms with van der Waals surface area (Å²) in [5.74, 6) is 0.232. The van der Waals surface area contributed by atoms with E-state index in [0.717, 1.165) is 17.9 Å². The van der Waals surface area contributed by atoms with Gasteiger partial charge in [-0.05, 0) is 65.2 Å². The van der Waals surface area contributed by atoms with Crippen LogP contribution in [0.5, 0.6) is 0 Å². The van der Waals surface area contributed by atoms with Crippen molar-refractivity contribution in [2.75, 3.05) is 29.6 Å². The SMILES string of the molecule is CS(=O)(=O)c1ccc(CNC(=O)c2cccc(-c3cnc4c(c3)N(Cc3cc(Cl)ccc3C(F)(F)F)CCN4)c2)cc1. The van der Waals surface area contributed by atoms with Crippen LogP contribution in [0.4, 0.5) is 24.7 Å². The molecule has 42 heavy (non-hydrogen) atoms. The second kappa shape index (κ2) is 11.7. The Morgan fingerprint density at radius 1 is 1.05 bits per heavy atom. The van der Waals surface area contributed by atoms with E-state index in [-0.39, 0.29) is 34.5 Å². The number of hydrogen-bond acceptors (Lipinski definition) is 6. The Labute approximate surface area is 246 Å². The van der Waals surface area contributed by atoms with Crippen molar-refractivity contribution in [2.45, 2.75) is 24.2 Å². The first-order valence-electron chi connectivity index (χ1n) is 12.9. The van der Waals surface area contributed by atoms with E-state index in [0.29, 0.717) is 41.3 Å². The van der Waals surface area contributed by atoms with Crippen molar-refractivity contribution in [3.05, 3.63) is 106 Å². The van der Waals surface area contributed by atoms with Gasteiger partial charge in [-0.15, -0.1) is 0 Å². The molecule has 0 radical (unpaired) electrons. The van der Waals surface area contributed by atoms with Gasteiger partial charge in [0, 0.05) is 54.8 Å². The van der Waals surface area contributed by atoms with Gasteiger partial charge in [-0.1, -0.05) is 35.9 Å². The first-order chi connectivity index (χ1) is 19.9. The van der Waals surface area contributed by atoms with Gasteiger partial charge in [-0.2, -0.15) is 13.2 Å². The second-order valence-corrected chi connectivity index (χ2v) is 12.4. The van der Waals surface area contributed by atoms with Crippen LogP contribution in [-0.4, -0.2) is 38.7 Å². The maximum Gasteiger partial charge on any atom is 0.416 e. The van der Waals surface area contributed by atoms with E-state index in [1.165, 1.54) is 24.3 Å². The molecule has 4 aromatic rings. The van der Waals surface area contributed by atoms with Crippen molar-refractivity contribution in [3.63, 3.8) is 0 Å². The van der Waals surface area contributed by atoms with Crippen molar-refractivity contribution < 1.29 is 26.4 Å². The van der Waals surface area contributed by atoms with Crippen molar-refractivity contribution in [1.82, 2.24) is 10.3 Å². The van der Waals surface area contributed by atoms with Crippen LogP contribution in [0.15, 0.2) is 83.9 Å². The fourth-order valence-corrected chi connectivity index (χ4v) is 5.56. The molecule has 12 heteroatoms. The van der Waals surface area contributed by atoms with Gasteiger partial charge < -0.3 is 15.5 Å². The molecule has 0 aliphatic carbocycles. The summed E-state index contributed by atoms with van der Waals surface area (Å²) in [4.78, 5) is 19.4. The van der Waals surface area contributed by atoms with Crippen LogP contribution in [0, 0.1) is 0 Å². The van der Waals surface area contributed by atoms with Crippen molar-refractivity contribution in [1.29, 1.82) is 0 Å². The largest absolute Gasteiger partial charge is 0.416 e. The number of halogens is 4. The Bertz CT molecular complexity index is 1750. The average Bonchev–Trinajstić information content (AvgIpc) is 2.95. The number of alkyl halides is 3. The van der Waals surface area contributed by atoms with Gasteiger partial charge in [0.05, 0.1) is 16.1 Å². The van der Waals surface area contributed by atoms with Gasteiger partial charge in [0.15, 0.2) is 9.84 Å². The number of carbonyl (C=O) groups excluding carboxylic acids is 1. The van der Waals surface area contributed by atoms with Crippen molar-refractivity contribution >= 4 is 38.9 Å². The van der Waals surface area contributed by atoms with Crippen molar-refractivity contribution in [3.8, 4) is 11.1 Å². The highest BCUT2D eigenvalue weighted by Gasteiger charge is 2.34. The summed E-state index contributed by atoms with van der Waals surface area (Å²) < 4.78 is 64.4. The Morgan fingerprint density at radius 3 is 2.52 bits per heavy atom. The van der Waals surface area contributed by atoms with Crippen LogP contribution in [0.2, 0.25) is 5.02 Å². The van der Waals surface area contributed by atoms with E-state index in [9.17, 15) is 26.4 Å². The first kappa shape index (κ1) is 29.4. The summed E-state index contributed by atoms with van der Waals surface area (Å²) in [7, 11) is -3.31. The molecule has 0 fully saturated rings. The number of rotatable bonds is 7. The summed E-state index contributed by atoms with van der Waals surface area (Å²) in [5.41, 5.74) is 2.52. The van der Waals surface area contributed by atoms with Crippen molar-refractivity contribution in [2.24, 2.45) is 0 Å². The van der Waals surface area contributed by atoms with E-state index < -0.39 is 21.6 Å². The molecular weight excluding hydrogens is 589 g/mol. The molecule has 0 unspecified atom stereocenters. The third-order valence-corrected chi connectivity index (χ3v) is 8.24. The molecule has 0 bridgehead atoms. The van der Waals surface area contributed by atoms with E-state index in [4.69, 9.17) is 11.6 Å². The van der Waals surface area contributed by atoms with E-state index >= 15 is 0 Å². The van der Waals surface area contributed by atoms with E-state index in [1.54, 1.807) is 36.5 Å². The highest BCUT2D eigenvalue weighted by atomic mass is 35.5. The van der Waals surface area contributed by atoms with E-state index in [1.807, 2.05) is 17.0 Å². The summed E-state index contributed by atoms with van der Waals surface area (Å²) in [6.07, 6.45) is -1.74. The zero-order valence-corrected chi connectivity index (χ0v) is 23.9. The summed E-state index contributed by atoms with van der Waals surface area (Å²) >= 11 is 6.05. The van der Waals surface area contributed by atoms with Gasteiger partial charge in [-0.25, -0.2) is 13.4 Å². The highest BCUT2D eigenvalue weighted by Crippen LogP contribution is 2.37. The molecule has 7 nitrogen and oxygen atoms in total. The molecule has 0 saturated carbocycles. The molecule has 0 saturated heterocycles. The van der Waals surface area contributed by atoms with Crippen LogP contribution in [-0.2, 0) is 29.1 Å². The number of anilines is 2. The van der Waals surface area contributed by atoms with Gasteiger partial charge in [0.2, 0.25) is 0 Å². The predicted octanol–water partition coefficient (Wildman–Crippen LogP) is 6.19. The molecule has 1 aliphatic heterocycles. The van der Waals surface area contributed by atoms with Crippen LogP contribution in [0.1, 0.15) is 27.0 Å². The molecule has 1 aromatic heterocycles. The quantitative estimate of drug-likeness (QED) is 0.258. The predicted molar refractivity (Wildman–Crippen MR) is 156 cm³/mol. The molecule has 1 aliphatic rings. The van der Waals surface area contributed by atoms with Crippen LogP contribution in [0.25, 0.3) is 11.1 Å². The van der Waals surface area contributed by atoms with Gasteiger partial charge >= 0.3 is 6.18 Å². The zero-order chi connectivity index (χ0) is 30.1. The maximum absolute atomic E-state index is 13.7. The van der Waals surface area contributed by atoms with Crippen LogP contribution < -0.4 is 15.5 Å². The standard InChI is InChI=1S/C30H26ClF3N4O3S/c1-42(40,41)25-8-5-19(6-9-25)16-37-29(39)21-4-2-3-20(13-21)22-15-27-28(36-17-22)35-11-12-38(27)18-23-14-24(31)7-10-26(23)30(32,33)34/h2-10,13-15,17H,11-12,16,18H2,1H3,(H,35,36)(H,37,39). The lowest BCUT2D eigenvalue weighted by atomic mass is 10.0. The summed E-state index contributed by atoms with van der Waals surface area (Å²) in [6, 6.07) is 18.6. The number of carbonyl (C=O) groups is 1. The summed E-state index contributed by atoms with van der Waals surface area (Å²) in [6.45, 7) is 1.16. The number of aromatic nitrogens is 1. The molecule has 0 atom stereocenters. The normalized spacial score (nSPS) is 13.3. The first-order valence-corrected chi connectivity index (χ1v) is 15.2. The molecule has 1 amide bonds. The smallest absolute Gasteiger partial charge is 0.367 e. The minimum absolute atomic E-state index is 0.0111. The Morgan fingerprint density at radius 2 is 1.81 bits per heavy atom. The minimum Gasteiger partial charge on any atom is -0.367 e. The third-order valence-electron chi connectivity index (χ3n) is 6.88. The number of fused-ring (bicyclic) bond motifs is 1. The molecule has 3 aromatic carbocycles. The number of hydrogen-bond donors (Lipinski definition) is 2. The Hall–Kier alpha value is -4.09. The zero-order valence-electron chi connectivity index (χ0n) is 22.4. The second-order valence-electron chi connectivity index (χ2n) is 9.92. The van der Waals surface area contributed by atoms with Gasteiger partial charge in [-0.3, -0.25) is 4.79 Å². The number of sulfone groups is 1. The minimum atomic E-state index is -4.52. The van der Waals surface area contributed by atoms with Crippen LogP contribution >= 0.6 is 11.6 Å². The number of pyridine rings is 1. The molecule has 2 N–H and O–H groups in total. The Kier molecular flexibility index (Phi) is 8.16. The average molecular weight is 615 g/mol. The highest BCUT2D eigenvalue weighted by molar-refractivity contribution is 7.90. The summed E-state index contributed by atoms with van der Waals surface area (Å²) in [5, 5.41) is 6.25. The Balaban J connectivity index is 1.35. The number of benzene rings is 3. The molecule has 218 valence electrons. The monoisotopic (exact) mass is 614 g/mol. The lowest BCUT2D eigenvalue weighted by Crippen LogP contribution is -2.34. The third kappa shape index (κ3) is 6.69. The number of nitrogens with one attached hydrogen (secondary N) is 2. The number of nitrogens with zero attached hydrogens (tertiary/aromatic N) is 2. The fourth-order valence-electron chi connectivity index (χ4n) is 4.74. The van der Waals surface area contributed by atoms with Gasteiger partial charge in [0.25, 0.3) is 5.91 Å². The lowest BCUT2D eigenvalue weighted by Gasteiger charge is -2.32. The van der Waals surface area contributed by atoms with Gasteiger partial charge in [0.1, 0.15) is 5.82 Å². The molecule has 0 spiro atoms. The fraction of sp³-hybridized carbons (Fsp3) is 0.200. The molecule has 5 rings (SSSR count). The molecule has 2 heterocycles. The van der Waals surface area contributed by atoms with E-state index in [2.05, 4.69) is 15.6 Å². The number of amides is 1. The lowest BCUT2D eigenvalue weighted by molar-refractivity contribution is -0.138. The maximum atomic E-state index is 13.7. The topological polar surface area (TPSA) is 91.4 Å². The van der Waals surface area contributed by atoms with Crippen LogP contribution in [0.3, 0.4) is 0 Å². The molecular formula is C30H26ClF3N4O3S.